The van der Waals surface area contributed by atoms with Crippen molar-refractivity contribution in [2.75, 3.05) is 11.5 Å². The molecule has 1 aromatic carbocycles. The van der Waals surface area contributed by atoms with E-state index < -0.39 is 0 Å². The van der Waals surface area contributed by atoms with E-state index in [1.54, 1.807) is 23.9 Å². The van der Waals surface area contributed by atoms with Gasteiger partial charge < -0.3 is 5.32 Å². The Hall–Kier alpha value is -1.15. The summed E-state index contributed by atoms with van der Waals surface area (Å²) in [4.78, 5) is 25.7. The van der Waals surface area contributed by atoms with Gasteiger partial charge in [0.1, 0.15) is 3.53 Å². The van der Waals surface area contributed by atoms with Gasteiger partial charge in [0.2, 0.25) is 0 Å². The molecule has 0 aliphatic carbocycles. The van der Waals surface area contributed by atoms with Crippen molar-refractivity contribution in [2.24, 2.45) is 0 Å². The smallest absolute Gasteiger partial charge is 0.261 e. The zero-order chi connectivity index (χ0) is 18.2. The normalized spacial score (nSPS) is 11.8. The minimum Gasteiger partial charge on any atom is -0.345 e. The van der Waals surface area contributed by atoms with E-state index in [9.17, 15) is 9.59 Å². The first-order valence-corrected chi connectivity index (χ1v) is 11.0. The van der Waals surface area contributed by atoms with Crippen LogP contribution in [0, 0.1) is 0 Å². The molecular weight excluding hydrogens is 390 g/mol. The number of carbonyl (C=O) groups excluding carboxylic acids is 2. The molecule has 0 spiro atoms. The number of benzene rings is 1. The second-order valence-corrected chi connectivity index (χ2v) is 9.69. The van der Waals surface area contributed by atoms with Crippen LogP contribution in [0.4, 0.5) is 0 Å². The van der Waals surface area contributed by atoms with Crippen molar-refractivity contribution >= 4 is 62.3 Å². The van der Waals surface area contributed by atoms with Gasteiger partial charge in [0, 0.05) is 0 Å². The molecule has 0 aliphatic rings. The van der Waals surface area contributed by atoms with E-state index in [2.05, 4.69) is 5.32 Å². The molecule has 0 fully saturated rings. The zero-order valence-corrected chi connectivity index (χ0v) is 17.2. The lowest BCUT2D eigenvalue weighted by Gasteiger charge is -2.13. The minimum absolute atomic E-state index is 0.00390. The highest BCUT2D eigenvalue weighted by Gasteiger charge is 2.16. The standard InChI is InChI=1S/C18H19NO2S4/c1-3-23-18(22)24-11-14(20)15-9-10-16(25-15)17(21)19-12(2)13-7-5-4-6-8-13/h4-10,12H,3,11H2,1-2H3,(H,19,21)/t12-/m1/s1. The highest BCUT2D eigenvalue weighted by molar-refractivity contribution is 8.47. The van der Waals surface area contributed by atoms with Crippen molar-refractivity contribution in [3.63, 3.8) is 0 Å². The van der Waals surface area contributed by atoms with Gasteiger partial charge in [-0.25, -0.2) is 0 Å². The number of nitrogens with one attached hydrogen (secondary N) is 1. The Kier molecular flexibility index (Phi) is 8.15. The molecule has 1 N–H and O–H groups in total. The molecule has 25 heavy (non-hydrogen) atoms. The van der Waals surface area contributed by atoms with E-state index in [0.717, 1.165) is 14.8 Å². The van der Waals surface area contributed by atoms with Crippen LogP contribution >= 0.6 is 47.1 Å². The number of hydrogen-bond acceptors (Lipinski definition) is 6. The first kappa shape index (κ1) is 20.2. The molecule has 0 aliphatic heterocycles. The summed E-state index contributed by atoms with van der Waals surface area (Å²) in [6.07, 6.45) is 0. The molecular formula is C18H19NO2S4. The lowest BCUT2D eigenvalue weighted by molar-refractivity contribution is 0.0943. The van der Waals surface area contributed by atoms with Gasteiger partial charge in [-0.05, 0) is 30.4 Å². The van der Waals surface area contributed by atoms with Crippen LogP contribution in [0.25, 0.3) is 0 Å². The number of rotatable bonds is 7. The number of thiophene rings is 1. The van der Waals surface area contributed by atoms with Crippen LogP contribution in [0.1, 0.15) is 44.8 Å². The van der Waals surface area contributed by atoms with Crippen LogP contribution < -0.4 is 5.32 Å². The van der Waals surface area contributed by atoms with Gasteiger partial charge in [-0.2, -0.15) is 0 Å². The number of carbonyl (C=O) groups is 2. The van der Waals surface area contributed by atoms with Gasteiger partial charge in [0.15, 0.2) is 5.78 Å². The molecule has 132 valence electrons. The molecule has 0 saturated heterocycles. The maximum Gasteiger partial charge on any atom is 0.261 e. The Morgan fingerprint density at radius 3 is 2.48 bits per heavy atom. The number of thioether (sulfide) groups is 2. The number of Topliss-reactive ketones (excluding diaryl/α,β-unsaturated/α-hetero) is 1. The third-order valence-electron chi connectivity index (χ3n) is 3.34. The van der Waals surface area contributed by atoms with Gasteiger partial charge in [0.05, 0.1) is 21.5 Å². The van der Waals surface area contributed by atoms with Gasteiger partial charge in [-0.3, -0.25) is 9.59 Å². The largest absolute Gasteiger partial charge is 0.345 e. The summed E-state index contributed by atoms with van der Waals surface area (Å²) < 4.78 is 0.780. The van der Waals surface area contributed by atoms with Crippen LogP contribution in [-0.2, 0) is 0 Å². The van der Waals surface area contributed by atoms with Crippen LogP contribution in [-0.4, -0.2) is 26.7 Å². The molecule has 0 radical (unpaired) electrons. The average molecular weight is 410 g/mol. The Labute approximate surface area is 166 Å². The Balaban J connectivity index is 1.92. The van der Waals surface area contributed by atoms with E-state index in [4.69, 9.17) is 12.2 Å². The zero-order valence-electron chi connectivity index (χ0n) is 14.0. The predicted molar refractivity (Wildman–Crippen MR) is 114 cm³/mol. The first-order valence-electron chi connectivity index (χ1n) is 7.79. The molecule has 1 aromatic heterocycles. The van der Waals surface area contributed by atoms with Crippen LogP contribution in [0.2, 0.25) is 0 Å². The van der Waals surface area contributed by atoms with Crippen LogP contribution in [0.15, 0.2) is 42.5 Å². The second kappa shape index (κ2) is 10.1. The first-order chi connectivity index (χ1) is 12.0. The fourth-order valence-electron chi connectivity index (χ4n) is 2.06. The molecule has 0 unspecified atom stereocenters. The fraction of sp³-hybridized carbons (Fsp3) is 0.278. The fourth-order valence-corrected chi connectivity index (χ4v) is 5.03. The molecule has 2 rings (SSSR count). The SMILES string of the molecule is CCSC(=S)SCC(=O)c1ccc(C(=O)N[C@H](C)c2ccccc2)s1. The topological polar surface area (TPSA) is 46.2 Å². The molecule has 2 aromatic rings. The van der Waals surface area contributed by atoms with Crippen molar-refractivity contribution in [1.82, 2.24) is 5.32 Å². The number of amides is 1. The van der Waals surface area contributed by atoms with Crippen LogP contribution in [0.5, 0.6) is 0 Å². The summed E-state index contributed by atoms with van der Waals surface area (Å²) in [6, 6.07) is 13.1. The van der Waals surface area contributed by atoms with Gasteiger partial charge in [-0.1, -0.05) is 61.2 Å². The monoisotopic (exact) mass is 409 g/mol. The Morgan fingerprint density at radius 2 is 1.80 bits per heavy atom. The third kappa shape index (κ3) is 6.26. The number of ketones is 1. The summed E-state index contributed by atoms with van der Waals surface area (Å²) in [5, 5.41) is 2.96. The molecule has 0 saturated carbocycles. The van der Waals surface area contributed by atoms with Gasteiger partial charge in [-0.15, -0.1) is 23.1 Å². The number of hydrogen-bond donors (Lipinski definition) is 1. The van der Waals surface area contributed by atoms with Gasteiger partial charge in [0.25, 0.3) is 5.91 Å². The Morgan fingerprint density at radius 1 is 1.12 bits per heavy atom. The van der Waals surface area contributed by atoms with Crippen molar-refractivity contribution in [3.05, 3.63) is 57.8 Å². The maximum absolute atomic E-state index is 12.4. The molecule has 3 nitrogen and oxygen atoms in total. The second-order valence-electron chi connectivity index (χ2n) is 5.16. The summed E-state index contributed by atoms with van der Waals surface area (Å²) in [5.41, 5.74) is 1.04. The summed E-state index contributed by atoms with van der Waals surface area (Å²) in [6.45, 7) is 3.97. The Bertz CT molecular complexity index is 743. The molecule has 0 bridgehead atoms. The van der Waals surface area contributed by atoms with Crippen molar-refractivity contribution in [2.45, 2.75) is 19.9 Å². The molecule has 1 atom stereocenters. The van der Waals surface area contributed by atoms with E-state index in [1.807, 2.05) is 44.2 Å². The predicted octanol–water partition coefficient (Wildman–Crippen LogP) is 5.19. The number of thiocarbonyl (C=S) groups is 1. The van der Waals surface area contributed by atoms with Crippen molar-refractivity contribution in [3.8, 4) is 0 Å². The highest BCUT2D eigenvalue weighted by atomic mass is 32.2. The van der Waals surface area contributed by atoms with Crippen LogP contribution in [0.3, 0.4) is 0 Å². The third-order valence-corrected chi connectivity index (χ3v) is 7.04. The summed E-state index contributed by atoms with van der Waals surface area (Å²) in [5.74, 6) is 1.06. The lowest BCUT2D eigenvalue weighted by atomic mass is 10.1. The minimum atomic E-state index is -0.162. The highest BCUT2D eigenvalue weighted by Crippen LogP contribution is 2.23. The van der Waals surface area contributed by atoms with E-state index >= 15 is 0 Å². The lowest BCUT2D eigenvalue weighted by Crippen LogP contribution is -2.25. The molecule has 1 amide bonds. The van der Waals surface area contributed by atoms with Crippen molar-refractivity contribution in [1.29, 1.82) is 0 Å². The molecule has 7 heteroatoms. The van der Waals surface area contributed by atoms with Crippen molar-refractivity contribution < 1.29 is 9.59 Å². The summed E-state index contributed by atoms with van der Waals surface area (Å²) in [7, 11) is 0. The quantitative estimate of drug-likeness (QED) is 0.503. The van der Waals surface area contributed by atoms with E-state index in [1.165, 1.54) is 23.1 Å². The van der Waals surface area contributed by atoms with E-state index in [0.29, 0.717) is 15.5 Å². The summed E-state index contributed by atoms with van der Waals surface area (Å²) >= 11 is 9.35. The average Bonchev–Trinajstić information content (AvgIpc) is 3.11. The van der Waals surface area contributed by atoms with E-state index in [-0.39, 0.29) is 17.7 Å². The maximum atomic E-state index is 12.4. The molecule has 1 heterocycles. The van der Waals surface area contributed by atoms with Gasteiger partial charge >= 0.3 is 0 Å².